The third kappa shape index (κ3) is 3.02. The van der Waals surface area contributed by atoms with Crippen molar-refractivity contribution < 1.29 is 14.4 Å². The van der Waals surface area contributed by atoms with Gasteiger partial charge in [0, 0.05) is 19.0 Å². The molecule has 1 aliphatic carbocycles. The Bertz CT molecular complexity index is 384. The summed E-state index contributed by atoms with van der Waals surface area (Å²) in [5.41, 5.74) is 0. The molecule has 0 spiro atoms. The average Bonchev–Trinajstić information content (AvgIpc) is 2.69. The molecule has 2 aliphatic rings. The molecule has 0 radical (unpaired) electrons. The monoisotopic (exact) mass is 280 g/mol. The maximum Gasteiger partial charge on any atom is 0.233 e. The minimum Gasteiger partial charge on any atom is -0.354 e. The molecule has 0 aromatic carbocycles. The zero-order valence-electron chi connectivity index (χ0n) is 12.4. The van der Waals surface area contributed by atoms with Crippen LogP contribution < -0.4 is 5.32 Å². The van der Waals surface area contributed by atoms with E-state index in [2.05, 4.69) is 5.32 Å². The highest BCUT2D eigenvalue weighted by molar-refractivity contribution is 6.05. The van der Waals surface area contributed by atoms with E-state index in [0.717, 1.165) is 32.1 Å². The summed E-state index contributed by atoms with van der Waals surface area (Å²) in [6.45, 7) is 4.18. The first-order valence-corrected chi connectivity index (χ1v) is 7.69. The molecule has 3 unspecified atom stereocenters. The molecule has 1 aliphatic heterocycles. The van der Waals surface area contributed by atoms with Crippen LogP contribution in [-0.4, -0.2) is 35.2 Å². The van der Waals surface area contributed by atoms with Crippen LogP contribution in [0.25, 0.3) is 0 Å². The number of hydrogen-bond donors (Lipinski definition) is 1. The van der Waals surface area contributed by atoms with Crippen molar-refractivity contribution in [2.24, 2.45) is 11.8 Å². The summed E-state index contributed by atoms with van der Waals surface area (Å²) in [6.07, 6.45) is 4.79. The van der Waals surface area contributed by atoms with Crippen molar-refractivity contribution in [1.29, 1.82) is 0 Å². The Balaban J connectivity index is 1.88. The molecule has 0 bridgehead atoms. The first-order valence-electron chi connectivity index (χ1n) is 7.69. The van der Waals surface area contributed by atoms with Crippen LogP contribution in [0.1, 0.15) is 52.4 Å². The van der Waals surface area contributed by atoms with Crippen LogP contribution in [0.2, 0.25) is 0 Å². The number of fused-ring (bicyclic) bond motifs is 1. The van der Waals surface area contributed by atoms with Gasteiger partial charge in [-0.05, 0) is 26.2 Å². The van der Waals surface area contributed by atoms with E-state index in [1.807, 2.05) is 13.8 Å². The molecule has 20 heavy (non-hydrogen) atoms. The number of amides is 3. The number of rotatable bonds is 5. The van der Waals surface area contributed by atoms with Gasteiger partial charge in [-0.3, -0.25) is 19.3 Å². The van der Waals surface area contributed by atoms with Gasteiger partial charge in [0.15, 0.2) is 0 Å². The third-order valence-electron chi connectivity index (χ3n) is 4.51. The lowest BCUT2D eigenvalue weighted by Crippen LogP contribution is -2.37. The van der Waals surface area contributed by atoms with Gasteiger partial charge in [0.25, 0.3) is 0 Å². The van der Waals surface area contributed by atoms with Crippen LogP contribution >= 0.6 is 0 Å². The maximum atomic E-state index is 12.2. The number of carbonyl (C=O) groups excluding carboxylic acids is 3. The lowest BCUT2D eigenvalue weighted by atomic mass is 9.81. The molecule has 1 saturated heterocycles. The van der Waals surface area contributed by atoms with Gasteiger partial charge in [0.05, 0.1) is 11.8 Å². The van der Waals surface area contributed by atoms with E-state index in [0.29, 0.717) is 0 Å². The van der Waals surface area contributed by atoms with Crippen molar-refractivity contribution in [1.82, 2.24) is 10.2 Å². The van der Waals surface area contributed by atoms with Crippen molar-refractivity contribution in [3.05, 3.63) is 0 Å². The maximum absolute atomic E-state index is 12.2. The first kappa shape index (κ1) is 15.0. The fourth-order valence-corrected chi connectivity index (χ4v) is 3.11. The first-order chi connectivity index (χ1) is 9.54. The molecule has 1 heterocycles. The Morgan fingerprint density at radius 3 is 2.30 bits per heavy atom. The summed E-state index contributed by atoms with van der Waals surface area (Å²) in [7, 11) is 0. The lowest BCUT2D eigenvalue weighted by Gasteiger charge is -2.19. The number of carbonyl (C=O) groups is 3. The number of hydrogen-bond acceptors (Lipinski definition) is 3. The Morgan fingerprint density at radius 2 is 1.80 bits per heavy atom. The SMILES string of the molecule is CCC(C)NC(=O)CCN1C(=O)C2CCCCC2C1=O. The summed E-state index contributed by atoms with van der Waals surface area (Å²) in [5, 5.41) is 2.86. The largest absolute Gasteiger partial charge is 0.354 e. The second-order valence-electron chi connectivity index (χ2n) is 5.95. The van der Waals surface area contributed by atoms with Gasteiger partial charge in [-0.1, -0.05) is 19.8 Å². The summed E-state index contributed by atoms with van der Waals surface area (Å²) in [6, 6.07) is 0.134. The summed E-state index contributed by atoms with van der Waals surface area (Å²) in [5.74, 6) is -0.440. The van der Waals surface area contributed by atoms with E-state index in [1.165, 1.54) is 4.90 Å². The molecule has 1 saturated carbocycles. The molecule has 2 fully saturated rings. The second-order valence-corrected chi connectivity index (χ2v) is 5.95. The van der Waals surface area contributed by atoms with Crippen LogP contribution in [0.15, 0.2) is 0 Å². The van der Waals surface area contributed by atoms with Crippen molar-refractivity contribution in [3.63, 3.8) is 0 Å². The normalized spacial score (nSPS) is 27.4. The van der Waals surface area contributed by atoms with Gasteiger partial charge in [-0.25, -0.2) is 0 Å². The van der Waals surface area contributed by atoms with E-state index in [-0.39, 0.29) is 48.6 Å². The Kier molecular flexibility index (Phi) is 4.78. The van der Waals surface area contributed by atoms with E-state index < -0.39 is 0 Å². The Morgan fingerprint density at radius 1 is 1.25 bits per heavy atom. The van der Waals surface area contributed by atoms with E-state index >= 15 is 0 Å². The van der Waals surface area contributed by atoms with Gasteiger partial charge >= 0.3 is 0 Å². The van der Waals surface area contributed by atoms with Gasteiger partial charge in [0.1, 0.15) is 0 Å². The van der Waals surface area contributed by atoms with Gasteiger partial charge < -0.3 is 5.32 Å². The third-order valence-corrected chi connectivity index (χ3v) is 4.51. The molecule has 3 atom stereocenters. The van der Waals surface area contributed by atoms with Gasteiger partial charge in [-0.15, -0.1) is 0 Å². The molecule has 5 heteroatoms. The Hall–Kier alpha value is -1.39. The molecule has 112 valence electrons. The molecular formula is C15H24N2O3. The van der Waals surface area contributed by atoms with Crippen molar-refractivity contribution >= 4 is 17.7 Å². The van der Waals surface area contributed by atoms with Crippen LogP contribution in [0.4, 0.5) is 0 Å². The second kappa shape index (κ2) is 6.37. The fourth-order valence-electron chi connectivity index (χ4n) is 3.11. The van der Waals surface area contributed by atoms with Gasteiger partial charge in [0.2, 0.25) is 17.7 Å². The van der Waals surface area contributed by atoms with Crippen LogP contribution in [0.3, 0.4) is 0 Å². The minimum atomic E-state index is -0.117. The molecular weight excluding hydrogens is 256 g/mol. The smallest absolute Gasteiger partial charge is 0.233 e. The highest BCUT2D eigenvalue weighted by atomic mass is 16.2. The highest BCUT2D eigenvalue weighted by Gasteiger charge is 2.47. The van der Waals surface area contributed by atoms with Crippen LogP contribution in [-0.2, 0) is 14.4 Å². The predicted octanol–water partition coefficient (Wildman–Crippen LogP) is 1.47. The molecule has 2 rings (SSSR count). The highest BCUT2D eigenvalue weighted by Crippen LogP contribution is 2.37. The van der Waals surface area contributed by atoms with Crippen LogP contribution in [0, 0.1) is 11.8 Å². The molecule has 0 aromatic heterocycles. The lowest BCUT2D eigenvalue weighted by molar-refractivity contribution is -0.140. The predicted molar refractivity (Wildman–Crippen MR) is 74.7 cm³/mol. The fraction of sp³-hybridized carbons (Fsp3) is 0.800. The van der Waals surface area contributed by atoms with E-state index in [1.54, 1.807) is 0 Å². The molecule has 3 amide bonds. The quantitative estimate of drug-likeness (QED) is 0.775. The summed E-state index contributed by atoms with van der Waals surface area (Å²) >= 11 is 0. The molecule has 5 nitrogen and oxygen atoms in total. The van der Waals surface area contributed by atoms with E-state index in [4.69, 9.17) is 0 Å². The number of nitrogens with one attached hydrogen (secondary N) is 1. The summed E-state index contributed by atoms with van der Waals surface area (Å²) in [4.78, 5) is 37.5. The average molecular weight is 280 g/mol. The Labute approximate surface area is 120 Å². The minimum absolute atomic E-state index is 0.0592. The zero-order valence-corrected chi connectivity index (χ0v) is 12.4. The van der Waals surface area contributed by atoms with Crippen molar-refractivity contribution in [3.8, 4) is 0 Å². The van der Waals surface area contributed by atoms with Crippen LogP contribution in [0.5, 0.6) is 0 Å². The number of likely N-dealkylation sites (tertiary alicyclic amines) is 1. The summed E-state index contributed by atoms with van der Waals surface area (Å²) < 4.78 is 0. The van der Waals surface area contributed by atoms with E-state index in [9.17, 15) is 14.4 Å². The zero-order chi connectivity index (χ0) is 14.7. The van der Waals surface area contributed by atoms with Gasteiger partial charge in [-0.2, -0.15) is 0 Å². The topological polar surface area (TPSA) is 66.5 Å². The van der Waals surface area contributed by atoms with Crippen molar-refractivity contribution in [2.75, 3.05) is 6.54 Å². The number of nitrogens with zero attached hydrogens (tertiary/aromatic N) is 1. The standard InChI is InChI=1S/C15H24N2O3/c1-3-10(2)16-13(18)8-9-17-14(19)11-6-4-5-7-12(11)15(17)20/h10-12H,3-9H2,1-2H3,(H,16,18). The van der Waals surface area contributed by atoms with Crippen molar-refractivity contribution in [2.45, 2.75) is 58.4 Å². The molecule has 1 N–H and O–H groups in total. The molecule has 0 aromatic rings. The number of imide groups is 1.